The number of nitrogens with zero attached hydrogens (tertiary/aromatic N) is 6. The molecule has 0 bridgehead atoms. The first kappa shape index (κ1) is 17.8. The summed E-state index contributed by atoms with van der Waals surface area (Å²) >= 11 is 0. The lowest BCUT2D eigenvalue weighted by Gasteiger charge is -2.32. The first-order valence-corrected chi connectivity index (χ1v) is 9.31. The van der Waals surface area contributed by atoms with E-state index >= 15 is 0 Å². The number of aromatic nitrogens is 5. The first-order valence-electron chi connectivity index (χ1n) is 9.31. The second-order valence-corrected chi connectivity index (χ2v) is 7.05. The van der Waals surface area contributed by atoms with E-state index in [4.69, 9.17) is 9.26 Å². The first-order chi connectivity index (χ1) is 13.2. The van der Waals surface area contributed by atoms with Gasteiger partial charge in [-0.05, 0) is 38.3 Å². The number of methoxy groups -OCH3 is 1. The Balaban J connectivity index is 1.60. The van der Waals surface area contributed by atoms with Crippen molar-refractivity contribution in [2.75, 3.05) is 31.7 Å². The van der Waals surface area contributed by atoms with Crippen molar-refractivity contribution in [1.29, 1.82) is 0 Å². The summed E-state index contributed by atoms with van der Waals surface area (Å²) in [4.78, 5) is 20.4. The zero-order valence-electron chi connectivity index (χ0n) is 16.0. The molecule has 8 nitrogen and oxygen atoms in total. The Labute approximate surface area is 158 Å². The highest BCUT2D eigenvalue weighted by Gasteiger charge is 2.28. The van der Waals surface area contributed by atoms with Gasteiger partial charge in [0.1, 0.15) is 12.1 Å². The number of anilines is 1. The number of pyridine rings is 1. The van der Waals surface area contributed by atoms with E-state index < -0.39 is 0 Å². The van der Waals surface area contributed by atoms with Crippen LogP contribution in [0, 0.1) is 13.8 Å². The normalized spacial score (nSPS) is 17.6. The van der Waals surface area contributed by atoms with Crippen LogP contribution in [0.15, 0.2) is 16.9 Å². The molecule has 3 aromatic rings. The Morgan fingerprint density at radius 1 is 1.26 bits per heavy atom. The van der Waals surface area contributed by atoms with Crippen LogP contribution in [-0.2, 0) is 11.2 Å². The Kier molecular flexibility index (Phi) is 4.98. The molecule has 1 aliphatic rings. The van der Waals surface area contributed by atoms with E-state index in [2.05, 4.69) is 43.0 Å². The summed E-state index contributed by atoms with van der Waals surface area (Å²) in [7, 11) is 1.67. The molecule has 0 spiro atoms. The molecule has 3 aromatic heterocycles. The molecule has 8 heteroatoms. The van der Waals surface area contributed by atoms with Gasteiger partial charge in [-0.2, -0.15) is 4.98 Å². The Hall–Kier alpha value is -2.61. The average molecular weight is 368 g/mol. The Morgan fingerprint density at radius 3 is 3.00 bits per heavy atom. The molecule has 0 saturated carbocycles. The van der Waals surface area contributed by atoms with Crippen LogP contribution < -0.4 is 4.90 Å². The van der Waals surface area contributed by atoms with E-state index in [1.165, 1.54) is 0 Å². The third-order valence-electron chi connectivity index (χ3n) is 4.99. The average Bonchev–Trinajstić information content (AvgIpc) is 3.15. The molecule has 1 atom stereocenters. The van der Waals surface area contributed by atoms with Crippen molar-refractivity contribution in [1.82, 2.24) is 25.1 Å². The van der Waals surface area contributed by atoms with Crippen LogP contribution in [0.3, 0.4) is 0 Å². The van der Waals surface area contributed by atoms with Crippen LogP contribution in [-0.4, -0.2) is 51.9 Å². The fraction of sp³-hybridized carbons (Fsp3) is 0.526. The predicted molar refractivity (Wildman–Crippen MR) is 101 cm³/mol. The van der Waals surface area contributed by atoms with E-state index in [-0.39, 0.29) is 5.92 Å². The smallest absolute Gasteiger partial charge is 0.231 e. The Bertz CT molecular complexity index is 941. The summed E-state index contributed by atoms with van der Waals surface area (Å²) in [6.07, 6.45) is 4.34. The largest absolute Gasteiger partial charge is 0.384 e. The van der Waals surface area contributed by atoms with E-state index in [0.717, 1.165) is 54.0 Å². The molecule has 4 heterocycles. The van der Waals surface area contributed by atoms with Gasteiger partial charge in [-0.15, -0.1) is 0 Å². The lowest BCUT2D eigenvalue weighted by atomic mass is 9.97. The number of fused-ring (bicyclic) bond motifs is 1. The van der Waals surface area contributed by atoms with Crippen LogP contribution in [0.5, 0.6) is 0 Å². The van der Waals surface area contributed by atoms with E-state index in [1.54, 1.807) is 13.4 Å². The van der Waals surface area contributed by atoms with Crippen molar-refractivity contribution in [3.05, 3.63) is 35.4 Å². The highest BCUT2D eigenvalue weighted by molar-refractivity contribution is 5.90. The van der Waals surface area contributed by atoms with Crippen molar-refractivity contribution < 1.29 is 9.26 Å². The molecular formula is C19H24N6O2. The number of ether oxygens (including phenoxy) is 1. The minimum absolute atomic E-state index is 0.200. The van der Waals surface area contributed by atoms with Gasteiger partial charge in [0.05, 0.1) is 17.9 Å². The molecule has 0 aliphatic carbocycles. The fourth-order valence-corrected chi connectivity index (χ4v) is 3.73. The summed E-state index contributed by atoms with van der Waals surface area (Å²) < 4.78 is 10.6. The van der Waals surface area contributed by atoms with E-state index in [9.17, 15) is 0 Å². The van der Waals surface area contributed by atoms with Gasteiger partial charge in [0, 0.05) is 32.3 Å². The maximum atomic E-state index is 5.52. The van der Waals surface area contributed by atoms with Gasteiger partial charge in [-0.25, -0.2) is 15.0 Å². The molecular weight excluding hydrogens is 344 g/mol. The van der Waals surface area contributed by atoms with Crippen molar-refractivity contribution in [3.63, 3.8) is 0 Å². The molecule has 0 unspecified atom stereocenters. The SMILES string of the molecule is COCCc1noc([C@H]2CCCN(c3ncnc4nc(C)cc(C)c34)C2)n1. The standard InChI is InChI=1S/C19H24N6O2/c1-12-9-13(2)22-17-16(12)18(21-11-20-17)25-7-4-5-14(10-25)19-23-15(24-27-19)6-8-26-3/h9,11,14H,4-8,10H2,1-3H3/t14-/m0/s1. The van der Waals surface area contributed by atoms with Crippen LogP contribution in [0.2, 0.25) is 0 Å². The molecule has 142 valence electrons. The number of hydrogen-bond donors (Lipinski definition) is 0. The summed E-state index contributed by atoms with van der Waals surface area (Å²) in [5.41, 5.74) is 2.87. The van der Waals surface area contributed by atoms with Gasteiger partial charge in [0.15, 0.2) is 11.5 Å². The summed E-state index contributed by atoms with van der Waals surface area (Å²) in [5.74, 6) is 2.54. The van der Waals surface area contributed by atoms with Crippen molar-refractivity contribution >= 4 is 16.9 Å². The third kappa shape index (κ3) is 3.62. The lowest BCUT2D eigenvalue weighted by Crippen LogP contribution is -2.35. The molecule has 27 heavy (non-hydrogen) atoms. The predicted octanol–water partition coefficient (Wildman–Crippen LogP) is 2.60. The van der Waals surface area contributed by atoms with Crippen molar-refractivity contribution in [3.8, 4) is 0 Å². The van der Waals surface area contributed by atoms with Gasteiger partial charge in [0.25, 0.3) is 0 Å². The van der Waals surface area contributed by atoms with Crippen LogP contribution in [0.1, 0.15) is 41.7 Å². The van der Waals surface area contributed by atoms with Crippen LogP contribution in [0.4, 0.5) is 5.82 Å². The zero-order valence-corrected chi connectivity index (χ0v) is 16.0. The van der Waals surface area contributed by atoms with Gasteiger partial charge in [-0.3, -0.25) is 0 Å². The summed E-state index contributed by atoms with van der Waals surface area (Å²) in [5, 5.41) is 5.10. The van der Waals surface area contributed by atoms with Gasteiger partial charge >= 0.3 is 0 Å². The Morgan fingerprint density at radius 2 is 2.15 bits per heavy atom. The topological polar surface area (TPSA) is 90.1 Å². The quantitative estimate of drug-likeness (QED) is 0.679. The molecule has 4 rings (SSSR count). The molecule has 0 aromatic carbocycles. The molecule has 0 amide bonds. The second-order valence-electron chi connectivity index (χ2n) is 7.05. The maximum Gasteiger partial charge on any atom is 0.231 e. The van der Waals surface area contributed by atoms with Gasteiger partial charge in [0.2, 0.25) is 5.89 Å². The highest BCUT2D eigenvalue weighted by atomic mass is 16.5. The van der Waals surface area contributed by atoms with Crippen molar-refractivity contribution in [2.24, 2.45) is 0 Å². The molecule has 1 fully saturated rings. The van der Waals surface area contributed by atoms with Crippen molar-refractivity contribution in [2.45, 2.75) is 39.0 Å². The lowest BCUT2D eigenvalue weighted by molar-refractivity contribution is 0.199. The van der Waals surface area contributed by atoms with Crippen LogP contribution in [0.25, 0.3) is 11.0 Å². The van der Waals surface area contributed by atoms with Crippen LogP contribution >= 0.6 is 0 Å². The maximum absolute atomic E-state index is 5.52. The fourth-order valence-electron chi connectivity index (χ4n) is 3.73. The number of aryl methyl sites for hydroxylation is 2. The summed E-state index contributed by atoms with van der Waals surface area (Å²) in [6.45, 7) is 6.41. The van der Waals surface area contributed by atoms with E-state index in [1.807, 2.05) is 6.92 Å². The number of rotatable bonds is 5. The monoisotopic (exact) mass is 368 g/mol. The van der Waals surface area contributed by atoms with Gasteiger partial charge in [-0.1, -0.05) is 5.16 Å². The third-order valence-corrected chi connectivity index (χ3v) is 4.99. The zero-order chi connectivity index (χ0) is 18.8. The van der Waals surface area contributed by atoms with Gasteiger partial charge < -0.3 is 14.2 Å². The number of piperidine rings is 1. The molecule has 0 N–H and O–H groups in total. The minimum Gasteiger partial charge on any atom is -0.384 e. The number of hydrogen-bond acceptors (Lipinski definition) is 8. The highest BCUT2D eigenvalue weighted by Crippen LogP contribution is 2.32. The van der Waals surface area contributed by atoms with E-state index in [0.29, 0.717) is 24.7 Å². The molecule has 0 radical (unpaired) electrons. The molecule has 1 saturated heterocycles. The minimum atomic E-state index is 0.200. The summed E-state index contributed by atoms with van der Waals surface area (Å²) in [6, 6.07) is 2.08. The molecule has 1 aliphatic heterocycles. The second kappa shape index (κ2) is 7.56.